The molecule has 1 aliphatic heterocycles. The number of carbonyl (C=O) groups excluding carboxylic acids is 2. The Hall–Kier alpha value is -2.70. The van der Waals surface area contributed by atoms with Crippen molar-refractivity contribution in [1.82, 2.24) is 4.57 Å². The number of hydrogen-bond donors (Lipinski definition) is 1. The lowest BCUT2D eigenvalue weighted by molar-refractivity contribution is -0.140. The number of nitrogens with two attached hydrogens (primary N) is 1. The maximum Gasteiger partial charge on any atom is 0.317 e. The van der Waals surface area contributed by atoms with E-state index in [1.54, 1.807) is 10.6 Å². The molecule has 0 radical (unpaired) electrons. The number of primary sulfonamides is 1. The summed E-state index contributed by atoms with van der Waals surface area (Å²) in [7, 11) is -2.61. The van der Waals surface area contributed by atoms with Gasteiger partial charge >= 0.3 is 11.9 Å². The molecule has 1 amide bonds. The van der Waals surface area contributed by atoms with Gasteiger partial charge in [0.05, 0.1) is 28.6 Å². The second kappa shape index (κ2) is 8.12. The number of rotatable bonds is 5. The van der Waals surface area contributed by atoms with E-state index in [0.29, 0.717) is 16.8 Å². The van der Waals surface area contributed by atoms with Crippen molar-refractivity contribution < 1.29 is 32.2 Å². The predicted octanol–water partition coefficient (Wildman–Crippen LogP) is 0.229. The van der Waals surface area contributed by atoms with Crippen molar-refractivity contribution in [3.05, 3.63) is 35.0 Å². The maximum absolute atomic E-state index is 12.4. The van der Waals surface area contributed by atoms with Crippen molar-refractivity contribution in [2.75, 3.05) is 20.3 Å². The van der Waals surface area contributed by atoms with E-state index in [0.717, 1.165) is 11.3 Å². The number of methoxy groups -OCH3 is 1. The number of benzene rings is 1. The van der Waals surface area contributed by atoms with E-state index in [-0.39, 0.29) is 35.0 Å². The first-order valence-corrected chi connectivity index (χ1v) is 10.4. The lowest BCUT2D eigenvalue weighted by Gasteiger charge is -2.12. The van der Waals surface area contributed by atoms with Crippen molar-refractivity contribution in [1.29, 1.82) is 0 Å². The van der Waals surface area contributed by atoms with E-state index < -0.39 is 21.9 Å². The number of nitrogens with zero attached hydrogens (tertiary/aromatic N) is 2. The number of aromatic nitrogens is 1. The van der Waals surface area contributed by atoms with Gasteiger partial charge < -0.3 is 18.8 Å². The minimum Gasteiger partial charge on any atom is -0.494 e. The molecule has 0 fully saturated rings. The van der Waals surface area contributed by atoms with Crippen LogP contribution in [0.3, 0.4) is 0 Å². The van der Waals surface area contributed by atoms with Gasteiger partial charge in [-0.25, -0.2) is 13.6 Å². The third-order valence-corrected chi connectivity index (χ3v) is 5.76. The molecule has 1 aliphatic rings. The monoisotopic (exact) mass is 427 g/mol. The summed E-state index contributed by atoms with van der Waals surface area (Å²) in [6.45, 7) is 0.763. The Balaban J connectivity index is 2.10. The van der Waals surface area contributed by atoms with Gasteiger partial charge in [-0.2, -0.15) is 4.99 Å². The van der Waals surface area contributed by atoms with E-state index in [2.05, 4.69) is 9.73 Å². The van der Waals surface area contributed by atoms with Crippen molar-refractivity contribution in [2.24, 2.45) is 10.1 Å². The first kappa shape index (κ1) is 20.0. The summed E-state index contributed by atoms with van der Waals surface area (Å²) in [5, 5.41) is 5.18. The zero-order chi connectivity index (χ0) is 20.3. The summed E-state index contributed by atoms with van der Waals surface area (Å²) in [5.41, 5.74) is 0.600. The molecule has 0 spiro atoms. The molecule has 2 heterocycles. The molecule has 0 saturated carbocycles. The highest BCUT2D eigenvalue weighted by Crippen LogP contribution is 2.22. The Morgan fingerprint density at radius 2 is 2.14 bits per heavy atom. The average molecular weight is 427 g/mol. The molecule has 3 rings (SSSR count). The number of ether oxygens (including phenoxy) is 3. The van der Waals surface area contributed by atoms with Gasteiger partial charge in [-0.05, 0) is 18.2 Å². The van der Waals surface area contributed by atoms with Crippen molar-refractivity contribution >= 4 is 43.5 Å². The molecule has 0 saturated heterocycles. The summed E-state index contributed by atoms with van der Waals surface area (Å²) in [6, 6.07) is 4.30. The zero-order valence-electron chi connectivity index (χ0n) is 14.8. The van der Waals surface area contributed by atoms with Crippen LogP contribution >= 0.6 is 11.3 Å². The molecule has 10 nitrogen and oxygen atoms in total. The third-order valence-electron chi connectivity index (χ3n) is 3.81. The van der Waals surface area contributed by atoms with Gasteiger partial charge in [-0.3, -0.25) is 9.59 Å². The van der Waals surface area contributed by atoms with Crippen LogP contribution in [0.1, 0.15) is 6.42 Å². The summed E-state index contributed by atoms with van der Waals surface area (Å²) in [5.74, 6) is -1.12. The molecule has 1 aromatic carbocycles. The molecule has 12 heteroatoms. The van der Waals surface area contributed by atoms with E-state index in [1.807, 2.05) is 0 Å². The molecular formula is C16H17N3O7S2. The summed E-state index contributed by atoms with van der Waals surface area (Å²) in [6.07, 6.45) is 1.24. The number of thiazole rings is 1. The van der Waals surface area contributed by atoms with Crippen LogP contribution in [0.25, 0.3) is 10.2 Å². The Morgan fingerprint density at radius 3 is 2.79 bits per heavy atom. The van der Waals surface area contributed by atoms with Crippen molar-refractivity contribution in [3.63, 3.8) is 0 Å². The van der Waals surface area contributed by atoms with Gasteiger partial charge in [0.15, 0.2) is 4.80 Å². The van der Waals surface area contributed by atoms with Gasteiger partial charge in [0.25, 0.3) is 0 Å². The Kier molecular flexibility index (Phi) is 5.82. The summed E-state index contributed by atoms with van der Waals surface area (Å²) in [4.78, 5) is 28.2. The van der Waals surface area contributed by atoms with Crippen LogP contribution in [0.2, 0.25) is 0 Å². The standard InChI is InChI=1S/C16H17N3O7S2/c1-24-14(20)4-5-19-11-3-2-10(28(17,22)23)8-13(11)27-16(19)18-15(21)12-9-25-6-7-26-12/h2-3,8-9H,4-7H2,1H3,(H2,17,22,23). The fraction of sp³-hybridized carbons (Fsp3) is 0.312. The highest BCUT2D eigenvalue weighted by Gasteiger charge is 2.17. The number of fused-ring (bicyclic) bond motifs is 1. The smallest absolute Gasteiger partial charge is 0.317 e. The average Bonchev–Trinajstić information content (AvgIpc) is 3.02. The molecule has 1 aromatic heterocycles. The summed E-state index contributed by atoms with van der Waals surface area (Å²) >= 11 is 1.09. The van der Waals surface area contributed by atoms with Crippen LogP contribution in [-0.2, 0) is 40.4 Å². The Bertz CT molecular complexity index is 1130. The lowest BCUT2D eigenvalue weighted by Crippen LogP contribution is -2.21. The minimum absolute atomic E-state index is 0.0338. The first-order valence-electron chi connectivity index (χ1n) is 8.06. The highest BCUT2D eigenvalue weighted by atomic mass is 32.2. The van der Waals surface area contributed by atoms with Gasteiger partial charge in [-0.15, -0.1) is 0 Å². The second-order valence-corrected chi connectivity index (χ2v) is 8.23. The molecule has 2 N–H and O–H groups in total. The molecule has 150 valence electrons. The normalized spacial score (nSPS) is 14.9. The fourth-order valence-electron chi connectivity index (χ4n) is 2.46. The molecule has 0 aliphatic carbocycles. The maximum atomic E-state index is 12.4. The highest BCUT2D eigenvalue weighted by molar-refractivity contribution is 7.89. The SMILES string of the molecule is COC(=O)CCn1c(=NC(=O)C2=COCCO2)sc2cc(S(N)(=O)=O)ccc21. The molecular weight excluding hydrogens is 410 g/mol. The molecule has 0 atom stereocenters. The zero-order valence-corrected chi connectivity index (χ0v) is 16.4. The van der Waals surface area contributed by atoms with E-state index in [9.17, 15) is 18.0 Å². The van der Waals surface area contributed by atoms with E-state index in [1.165, 1.54) is 25.5 Å². The lowest BCUT2D eigenvalue weighted by atomic mass is 10.3. The largest absolute Gasteiger partial charge is 0.494 e. The van der Waals surface area contributed by atoms with Crippen LogP contribution in [0, 0.1) is 0 Å². The van der Waals surface area contributed by atoms with Crippen LogP contribution in [0.5, 0.6) is 0 Å². The second-order valence-electron chi connectivity index (χ2n) is 5.66. The molecule has 2 aromatic rings. The number of hydrogen-bond acceptors (Lipinski definition) is 8. The molecule has 0 bridgehead atoms. The number of carbonyl (C=O) groups is 2. The van der Waals surface area contributed by atoms with Crippen LogP contribution in [-0.4, -0.2) is 45.2 Å². The third kappa shape index (κ3) is 4.40. The molecule has 0 unspecified atom stereocenters. The topological polar surface area (TPSA) is 139 Å². The van der Waals surface area contributed by atoms with Crippen LogP contribution < -0.4 is 9.94 Å². The minimum atomic E-state index is -3.89. The number of esters is 1. The summed E-state index contributed by atoms with van der Waals surface area (Å²) < 4.78 is 40.3. The van der Waals surface area contributed by atoms with Crippen molar-refractivity contribution in [3.8, 4) is 0 Å². The van der Waals surface area contributed by atoms with Gasteiger partial charge in [-0.1, -0.05) is 11.3 Å². The number of sulfonamides is 1. The predicted molar refractivity (Wildman–Crippen MR) is 98.4 cm³/mol. The van der Waals surface area contributed by atoms with Gasteiger partial charge in [0.1, 0.15) is 19.5 Å². The number of aryl methyl sites for hydroxylation is 1. The number of amides is 1. The van der Waals surface area contributed by atoms with Crippen LogP contribution in [0.15, 0.2) is 40.1 Å². The van der Waals surface area contributed by atoms with Crippen LogP contribution in [0.4, 0.5) is 0 Å². The quantitative estimate of drug-likeness (QED) is 0.674. The fourth-order valence-corrected chi connectivity index (χ4v) is 4.17. The Labute approximate surface area is 163 Å². The van der Waals surface area contributed by atoms with E-state index >= 15 is 0 Å². The first-order chi connectivity index (χ1) is 13.3. The molecule has 28 heavy (non-hydrogen) atoms. The van der Waals surface area contributed by atoms with Gasteiger partial charge in [0, 0.05) is 6.54 Å². The Morgan fingerprint density at radius 1 is 1.36 bits per heavy atom. The van der Waals surface area contributed by atoms with Gasteiger partial charge in [0.2, 0.25) is 15.8 Å². The van der Waals surface area contributed by atoms with Crippen molar-refractivity contribution in [2.45, 2.75) is 17.9 Å². The van der Waals surface area contributed by atoms with E-state index in [4.69, 9.17) is 14.6 Å².